The summed E-state index contributed by atoms with van der Waals surface area (Å²) >= 11 is 0. The summed E-state index contributed by atoms with van der Waals surface area (Å²) in [5, 5.41) is 0. The van der Waals surface area contributed by atoms with Crippen LogP contribution in [0.5, 0.6) is 17.2 Å². The lowest BCUT2D eigenvalue weighted by Crippen LogP contribution is -2.55. The van der Waals surface area contributed by atoms with Crippen LogP contribution in [0.3, 0.4) is 0 Å². The highest BCUT2D eigenvalue weighted by Crippen LogP contribution is 2.55. The van der Waals surface area contributed by atoms with Crippen LogP contribution in [0, 0.1) is 0 Å². The van der Waals surface area contributed by atoms with Crippen molar-refractivity contribution in [1.82, 2.24) is 0 Å². The van der Waals surface area contributed by atoms with Crippen molar-refractivity contribution in [2.75, 3.05) is 21.3 Å². The molecule has 2 N–H and O–H groups in total. The zero-order valence-electron chi connectivity index (χ0n) is 11.1. The highest BCUT2D eigenvalue weighted by molar-refractivity contribution is 5.55. The number of rotatable bonds is 4. The predicted octanol–water partition coefficient (Wildman–Crippen LogP) is 2.30. The molecule has 0 spiro atoms. The molecule has 0 heterocycles. The SMILES string of the molecule is COc1cc(OC)c(C2(N)CC(F)(F)C2)c(OC)c1. The van der Waals surface area contributed by atoms with E-state index in [-0.39, 0.29) is 0 Å². The molecular weight excluding hydrogens is 256 g/mol. The minimum Gasteiger partial charge on any atom is -0.496 e. The first-order valence-electron chi connectivity index (χ1n) is 5.82. The molecule has 0 aliphatic heterocycles. The first kappa shape index (κ1) is 13.9. The third-order valence-electron chi connectivity index (χ3n) is 3.36. The summed E-state index contributed by atoms with van der Waals surface area (Å²) in [6.45, 7) is 0. The van der Waals surface area contributed by atoms with Crippen molar-refractivity contribution in [2.24, 2.45) is 5.73 Å². The lowest BCUT2D eigenvalue weighted by Gasteiger charge is -2.45. The van der Waals surface area contributed by atoms with Gasteiger partial charge in [-0.1, -0.05) is 0 Å². The molecule has 1 saturated carbocycles. The molecule has 0 aromatic heterocycles. The number of methoxy groups -OCH3 is 3. The van der Waals surface area contributed by atoms with E-state index < -0.39 is 24.3 Å². The smallest absolute Gasteiger partial charge is 0.252 e. The maximum Gasteiger partial charge on any atom is 0.252 e. The van der Waals surface area contributed by atoms with Crippen molar-refractivity contribution in [2.45, 2.75) is 24.3 Å². The Balaban J connectivity index is 2.50. The van der Waals surface area contributed by atoms with Gasteiger partial charge in [0.05, 0.1) is 32.4 Å². The monoisotopic (exact) mass is 273 g/mol. The van der Waals surface area contributed by atoms with Gasteiger partial charge in [0.25, 0.3) is 5.92 Å². The number of hydrogen-bond donors (Lipinski definition) is 1. The van der Waals surface area contributed by atoms with Crippen LogP contribution in [0.4, 0.5) is 8.78 Å². The lowest BCUT2D eigenvalue weighted by atomic mass is 9.69. The minimum atomic E-state index is -2.73. The van der Waals surface area contributed by atoms with Gasteiger partial charge >= 0.3 is 0 Å². The van der Waals surface area contributed by atoms with Gasteiger partial charge in [-0.15, -0.1) is 0 Å². The number of benzene rings is 1. The average Bonchev–Trinajstić information content (AvgIpc) is 2.34. The van der Waals surface area contributed by atoms with E-state index in [1.165, 1.54) is 21.3 Å². The summed E-state index contributed by atoms with van der Waals surface area (Å²) in [6, 6.07) is 3.23. The summed E-state index contributed by atoms with van der Waals surface area (Å²) in [4.78, 5) is 0. The molecule has 1 fully saturated rings. The second-order valence-corrected chi connectivity index (χ2v) is 4.77. The van der Waals surface area contributed by atoms with Gasteiger partial charge in [0.2, 0.25) is 0 Å². The Kier molecular flexibility index (Phi) is 3.30. The molecule has 1 aliphatic rings. The number of nitrogens with two attached hydrogens (primary N) is 1. The van der Waals surface area contributed by atoms with Crippen LogP contribution in [0.15, 0.2) is 12.1 Å². The standard InChI is InChI=1S/C13H17F2NO3/c1-17-8-4-9(18-2)11(10(5-8)19-3)12(16)6-13(14,15)7-12/h4-5H,6-7,16H2,1-3H3. The fraction of sp³-hybridized carbons (Fsp3) is 0.538. The van der Waals surface area contributed by atoms with Gasteiger partial charge in [-0.05, 0) is 0 Å². The summed E-state index contributed by atoms with van der Waals surface area (Å²) in [7, 11) is 4.42. The highest BCUT2D eigenvalue weighted by Gasteiger charge is 2.57. The van der Waals surface area contributed by atoms with E-state index in [0.717, 1.165) is 0 Å². The topological polar surface area (TPSA) is 53.7 Å². The summed E-state index contributed by atoms with van der Waals surface area (Å²) < 4.78 is 41.9. The van der Waals surface area contributed by atoms with Gasteiger partial charge in [0, 0.05) is 25.0 Å². The van der Waals surface area contributed by atoms with Crippen molar-refractivity contribution in [3.05, 3.63) is 17.7 Å². The Labute approximate surface area is 110 Å². The van der Waals surface area contributed by atoms with Crippen molar-refractivity contribution in [3.8, 4) is 17.2 Å². The molecule has 1 aromatic carbocycles. The Bertz CT molecular complexity index is 458. The minimum absolute atomic E-state index is 0.397. The highest BCUT2D eigenvalue weighted by atomic mass is 19.3. The fourth-order valence-corrected chi connectivity index (χ4v) is 2.54. The summed E-state index contributed by atoms with van der Waals surface area (Å²) in [5.41, 5.74) is 5.39. The van der Waals surface area contributed by atoms with E-state index >= 15 is 0 Å². The van der Waals surface area contributed by atoms with Crippen molar-refractivity contribution in [1.29, 1.82) is 0 Å². The maximum absolute atomic E-state index is 13.1. The molecule has 0 atom stereocenters. The number of halogens is 2. The van der Waals surface area contributed by atoms with Crippen LogP contribution in [0.25, 0.3) is 0 Å². The van der Waals surface area contributed by atoms with Crippen LogP contribution in [-0.2, 0) is 5.54 Å². The van der Waals surface area contributed by atoms with Gasteiger partial charge in [0.1, 0.15) is 17.2 Å². The van der Waals surface area contributed by atoms with Gasteiger partial charge in [0.15, 0.2) is 0 Å². The molecule has 0 unspecified atom stereocenters. The maximum atomic E-state index is 13.1. The molecule has 0 radical (unpaired) electrons. The first-order chi connectivity index (χ1) is 8.85. The van der Waals surface area contributed by atoms with Crippen LogP contribution < -0.4 is 19.9 Å². The molecule has 1 aliphatic carbocycles. The zero-order valence-corrected chi connectivity index (χ0v) is 11.1. The van der Waals surface area contributed by atoms with E-state index in [4.69, 9.17) is 19.9 Å². The summed E-state index contributed by atoms with van der Waals surface area (Å²) in [5.74, 6) is -1.42. The molecule has 106 valence electrons. The largest absolute Gasteiger partial charge is 0.496 e. The molecule has 1 aromatic rings. The van der Waals surface area contributed by atoms with Gasteiger partial charge in [-0.2, -0.15) is 0 Å². The Hall–Kier alpha value is -1.56. The molecule has 0 bridgehead atoms. The van der Waals surface area contributed by atoms with Crippen LogP contribution >= 0.6 is 0 Å². The molecule has 0 saturated heterocycles. The lowest BCUT2D eigenvalue weighted by molar-refractivity contribution is -0.125. The van der Waals surface area contributed by atoms with Crippen molar-refractivity contribution >= 4 is 0 Å². The van der Waals surface area contributed by atoms with E-state index in [1.807, 2.05) is 0 Å². The van der Waals surface area contributed by atoms with E-state index in [2.05, 4.69) is 0 Å². The molecule has 4 nitrogen and oxygen atoms in total. The first-order valence-corrected chi connectivity index (χ1v) is 5.82. The normalized spacial score (nSPS) is 19.5. The van der Waals surface area contributed by atoms with Gasteiger partial charge < -0.3 is 19.9 Å². The van der Waals surface area contributed by atoms with Crippen LogP contribution in [0.2, 0.25) is 0 Å². The van der Waals surface area contributed by atoms with E-state index in [1.54, 1.807) is 12.1 Å². The van der Waals surface area contributed by atoms with Crippen LogP contribution in [0.1, 0.15) is 18.4 Å². The second kappa shape index (κ2) is 4.52. The Morgan fingerprint density at radius 2 is 1.47 bits per heavy atom. The molecule has 0 amide bonds. The van der Waals surface area contributed by atoms with Gasteiger partial charge in [-0.25, -0.2) is 8.78 Å². The average molecular weight is 273 g/mol. The van der Waals surface area contributed by atoms with E-state index in [0.29, 0.717) is 22.8 Å². The fourth-order valence-electron chi connectivity index (χ4n) is 2.54. The van der Waals surface area contributed by atoms with Crippen molar-refractivity contribution < 1.29 is 23.0 Å². The Morgan fingerprint density at radius 1 is 1.00 bits per heavy atom. The van der Waals surface area contributed by atoms with Crippen LogP contribution in [-0.4, -0.2) is 27.3 Å². The predicted molar refractivity (Wildman–Crippen MR) is 66.1 cm³/mol. The van der Waals surface area contributed by atoms with Crippen molar-refractivity contribution in [3.63, 3.8) is 0 Å². The summed E-state index contributed by atoms with van der Waals surface area (Å²) in [6.07, 6.45) is -0.835. The molecular formula is C13H17F2NO3. The third-order valence-corrected chi connectivity index (χ3v) is 3.36. The number of ether oxygens (including phenoxy) is 3. The molecule has 6 heteroatoms. The quantitative estimate of drug-likeness (QED) is 0.914. The third kappa shape index (κ3) is 2.32. The molecule has 2 rings (SSSR count). The van der Waals surface area contributed by atoms with Gasteiger partial charge in [-0.3, -0.25) is 0 Å². The van der Waals surface area contributed by atoms with E-state index in [9.17, 15) is 8.78 Å². The Morgan fingerprint density at radius 3 is 1.79 bits per heavy atom. The molecule has 19 heavy (non-hydrogen) atoms. The number of hydrogen-bond acceptors (Lipinski definition) is 4. The number of alkyl halides is 2. The second-order valence-electron chi connectivity index (χ2n) is 4.77. The zero-order chi connectivity index (χ0) is 14.3.